The normalized spacial score (nSPS) is 10.7. The van der Waals surface area contributed by atoms with E-state index in [1.165, 1.54) is 6.07 Å². The van der Waals surface area contributed by atoms with Crippen LogP contribution in [0.3, 0.4) is 0 Å². The summed E-state index contributed by atoms with van der Waals surface area (Å²) in [5, 5.41) is 11.3. The minimum atomic E-state index is -0.503. The van der Waals surface area contributed by atoms with Gasteiger partial charge in [0.15, 0.2) is 0 Å². The van der Waals surface area contributed by atoms with Gasteiger partial charge in [0.25, 0.3) is 5.69 Å². The second-order valence-electron chi connectivity index (χ2n) is 4.94. The molecule has 2 aromatic heterocycles. The van der Waals surface area contributed by atoms with Gasteiger partial charge in [-0.25, -0.2) is 4.79 Å². The number of nitrogens with zero attached hydrogens (tertiary/aromatic N) is 2. The Balaban J connectivity index is 2.29. The van der Waals surface area contributed by atoms with Gasteiger partial charge in [0, 0.05) is 29.5 Å². The molecule has 2 heterocycles. The molecule has 6 heteroatoms. The van der Waals surface area contributed by atoms with E-state index < -0.39 is 10.9 Å². The number of benzene rings is 1. The average Bonchev–Trinajstić information content (AvgIpc) is 3.01. The highest BCUT2D eigenvalue weighted by molar-refractivity contribution is 5.99. The molecule has 0 aliphatic rings. The number of esters is 1. The molecule has 23 heavy (non-hydrogen) atoms. The van der Waals surface area contributed by atoms with Gasteiger partial charge >= 0.3 is 5.97 Å². The standard InChI is InChI=1S/C17H14N2O4/c1-2-23-17(20)15-11-18-9-5-6-12(18)10-14(15)13-7-3-4-8-16(13)19(21)22/h3-11H,2H2,1H3. The van der Waals surface area contributed by atoms with Crippen LogP contribution in [0.5, 0.6) is 0 Å². The number of aromatic nitrogens is 1. The molecule has 0 bridgehead atoms. The van der Waals surface area contributed by atoms with E-state index in [1.807, 2.05) is 12.1 Å². The Morgan fingerprint density at radius 1 is 1.22 bits per heavy atom. The molecule has 116 valence electrons. The summed E-state index contributed by atoms with van der Waals surface area (Å²) in [5.41, 5.74) is 1.97. The maximum atomic E-state index is 12.3. The summed E-state index contributed by atoms with van der Waals surface area (Å²) in [6.07, 6.45) is 3.45. The first-order valence-corrected chi connectivity index (χ1v) is 7.13. The zero-order valence-corrected chi connectivity index (χ0v) is 12.4. The van der Waals surface area contributed by atoms with Gasteiger partial charge in [0.05, 0.1) is 22.7 Å². The number of ether oxygens (including phenoxy) is 1. The fraction of sp³-hybridized carbons (Fsp3) is 0.118. The number of hydrogen-bond acceptors (Lipinski definition) is 4. The van der Waals surface area contributed by atoms with Gasteiger partial charge < -0.3 is 9.14 Å². The number of nitro benzene ring substituents is 1. The number of hydrogen-bond donors (Lipinski definition) is 0. The lowest BCUT2D eigenvalue weighted by molar-refractivity contribution is -0.384. The van der Waals surface area contributed by atoms with Crippen molar-refractivity contribution in [2.75, 3.05) is 6.61 Å². The van der Waals surface area contributed by atoms with Gasteiger partial charge in [-0.05, 0) is 31.2 Å². The summed E-state index contributed by atoms with van der Waals surface area (Å²) in [7, 11) is 0. The molecule has 6 nitrogen and oxygen atoms in total. The quantitative estimate of drug-likeness (QED) is 0.418. The molecule has 3 rings (SSSR count). The van der Waals surface area contributed by atoms with Gasteiger partial charge in [-0.1, -0.05) is 12.1 Å². The molecule has 0 radical (unpaired) electrons. The number of pyridine rings is 1. The van der Waals surface area contributed by atoms with Gasteiger partial charge in [-0.2, -0.15) is 0 Å². The molecule has 0 amide bonds. The van der Waals surface area contributed by atoms with Crippen molar-refractivity contribution >= 4 is 17.2 Å². The SMILES string of the molecule is CCOC(=O)c1cn2cccc2cc1-c1ccccc1[N+](=O)[O-]. The summed E-state index contributed by atoms with van der Waals surface area (Å²) >= 11 is 0. The topological polar surface area (TPSA) is 73.8 Å². The number of nitro groups is 1. The van der Waals surface area contributed by atoms with Crippen LogP contribution in [-0.4, -0.2) is 21.9 Å². The van der Waals surface area contributed by atoms with Gasteiger partial charge in [0.2, 0.25) is 0 Å². The number of carbonyl (C=O) groups excluding carboxylic acids is 1. The first kappa shape index (κ1) is 14.8. The molecule has 0 spiro atoms. The summed E-state index contributed by atoms with van der Waals surface area (Å²) in [4.78, 5) is 23.1. The monoisotopic (exact) mass is 310 g/mol. The van der Waals surface area contributed by atoms with Crippen LogP contribution in [0.4, 0.5) is 5.69 Å². The fourth-order valence-corrected chi connectivity index (χ4v) is 2.54. The molecule has 0 fully saturated rings. The van der Waals surface area contributed by atoms with Crippen LogP contribution in [0, 0.1) is 10.1 Å². The average molecular weight is 310 g/mol. The van der Waals surface area contributed by atoms with Crippen LogP contribution >= 0.6 is 0 Å². The number of para-hydroxylation sites is 1. The maximum Gasteiger partial charge on any atom is 0.340 e. The first-order valence-electron chi connectivity index (χ1n) is 7.13. The molecule has 0 unspecified atom stereocenters. The second-order valence-corrected chi connectivity index (χ2v) is 4.94. The summed E-state index contributed by atoms with van der Waals surface area (Å²) in [6.45, 7) is 1.95. The number of rotatable bonds is 4. The molecular formula is C17H14N2O4. The molecule has 0 aliphatic carbocycles. The Hall–Kier alpha value is -3.15. The lowest BCUT2D eigenvalue weighted by atomic mass is 9.99. The molecule has 0 saturated carbocycles. The third kappa shape index (κ3) is 2.66. The van der Waals surface area contributed by atoms with E-state index in [0.717, 1.165) is 5.52 Å². The lowest BCUT2D eigenvalue weighted by Gasteiger charge is -2.11. The molecule has 0 N–H and O–H groups in total. The van der Waals surface area contributed by atoms with Crippen LogP contribution in [0.1, 0.15) is 17.3 Å². The first-order chi connectivity index (χ1) is 11.1. The van der Waals surface area contributed by atoms with Crippen LogP contribution in [0.25, 0.3) is 16.6 Å². The third-order valence-corrected chi connectivity index (χ3v) is 3.55. The minimum absolute atomic E-state index is 0.0473. The van der Waals surface area contributed by atoms with Crippen molar-refractivity contribution in [2.24, 2.45) is 0 Å². The van der Waals surface area contributed by atoms with Crippen LogP contribution in [0.15, 0.2) is 54.9 Å². The van der Waals surface area contributed by atoms with Gasteiger partial charge in [-0.15, -0.1) is 0 Å². The number of fused-ring (bicyclic) bond motifs is 1. The highest BCUT2D eigenvalue weighted by Gasteiger charge is 2.21. The van der Waals surface area contributed by atoms with E-state index in [1.54, 1.807) is 48.0 Å². The maximum absolute atomic E-state index is 12.3. The van der Waals surface area contributed by atoms with Crippen molar-refractivity contribution in [2.45, 2.75) is 6.92 Å². The number of carbonyl (C=O) groups is 1. The fourth-order valence-electron chi connectivity index (χ4n) is 2.54. The predicted molar refractivity (Wildman–Crippen MR) is 85.4 cm³/mol. The zero-order valence-electron chi connectivity index (χ0n) is 12.4. The second kappa shape index (κ2) is 5.92. The van der Waals surface area contributed by atoms with Crippen molar-refractivity contribution in [3.63, 3.8) is 0 Å². The summed E-state index contributed by atoms with van der Waals surface area (Å²) in [6, 6.07) is 11.8. The molecule has 3 aromatic rings. The smallest absolute Gasteiger partial charge is 0.340 e. The van der Waals surface area contributed by atoms with Crippen molar-refractivity contribution in [1.29, 1.82) is 0 Å². The van der Waals surface area contributed by atoms with E-state index >= 15 is 0 Å². The molecule has 0 aliphatic heterocycles. The third-order valence-electron chi connectivity index (χ3n) is 3.55. The van der Waals surface area contributed by atoms with Crippen molar-refractivity contribution in [1.82, 2.24) is 4.40 Å². The Morgan fingerprint density at radius 2 is 2.00 bits per heavy atom. The lowest BCUT2D eigenvalue weighted by Crippen LogP contribution is -2.08. The molecule has 0 atom stereocenters. The predicted octanol–water partition coefficient (Wildman–Crippen LogP) is 3.69. The van der Waals surface area contributed by atoms with Crippen molar-refractivity contribution in [3.8, 4) is 11.1 Å². The Bertz CT molecular complexity index is 898. The summed E-state index contributed by atoms with van der Waals surface area (Å²) in [5.74, 6) is -0.503. The highest BCUT2D eigenvalue weighted by Crippen LogP contribution is 2.33. The van der Waals surface area contributed by atoms with E-state index in [9.17, 15) is 14.9 Å². The minimum Gasteiger partial charge on any atom is -0.462 e. The van der Waals surface area contributed by atoms with Gasteiger partial charge in [0.1, 0.15) is 0 Å². The van der Waals surface area contributed by atoms with E-state index in [4.69, 9.17) is 4.74 Å². The highest BCUT2D eigenvalue weighted by atomic mass is 16.6. The Labute approximate surface area is 132 Å². The van der Waals surface area contributed by atoms with E-state index in [-0.39, 0.29) is 12.3 Å². The molecule has 0 saturated heterocycles. The van der Waals surface area contributed by atoms with Crippen molar-refractivity contribution < 1.29 is 14.5 Å². The largest absolute Gasteiger partial charge is 0.462 e. The van der Waals surface area contributed by atoms with E-state index in [2.05, 4.69) is 0 Å². The zero-order chi connectivity index (χ0) is 16.4. The molecular weight excluding hydrogens is 296 g/mol. The van der Waals surface area contributed by atoms with Crippen LogP contribution in [0.2, 0.25) is 0 Å². The Kier molecular flexibility index (Phi) is 3.80. The summed E-state index contributed by atoms with van der Waals surface area (Å²) < 4.78 is 6.88. The van der Waals surface area contributed by atoms with Crippen molar-refractivity contribution in [3.05, 3.63) is 70.5 Å². The van der Waals surface area contributed by atoms with Crippen LogP contribution < -0.4 is 0 Å². The van der Waals surface area contributed by atoms with Gasteiger partial charge in [-0.3, -0.25) is 10.1 Å². The van der Waals surface area contributed by atoms with E-state index in [0.29, 0.717) is 16.7 Å². The Morgan fingerprint density at radius 3 is 2.74 bits per heavy atom. The molecule has 1 aromatic carbocycles. The van der Waals surface area contributed by atoms with Crippen LogP contribution in [-0.2, 0) is 4.74 Å².